The molecule has 116 valence electrons. The Bertz CT molecular complexity index is 784. The van der Waals surface area contributed by atoms with Gasteiger partial charge in [-0.3, -0.25) is 14.5 Å². The van der Waals surface area contributed by atoms with Crippen molar-refractivity contribution < 1.29 is 4.79 Å². The van der Waals surface area contributed by atoms with E-state index in [1.165, 1.54) is 0 Å². The minimum absolute atomic E-state index is 0.122. The number of benzene rings is 1. The SMILES string of the molecule is O=C(NCCn1ccc(-c2ccncc2)n1)c1ccc(Cl)cc1. The number of nitrogens with zero attached hydrogens (tertiary/aromatic N) is 3. The van der Waals surface area contributed by atoms with Crippen LogP contribution in [0.4, 0.5) is 0 Å². The predicted octanol–water partition coefficient (Wildman–Crippen LogP) is 3.03. The van der Waals surface area contributed by atoms with Crippen LogP contribution in [0, 0.1) is 0 Å². The molecule has 1 aromatic carbocycles. The molecular formula is C17H15ClN4O. The van der Waals surface area contributed by atoms with E-state index in [4.69, 9.17) is 11.6 Å². The van der Waals surface area contributed by atoms with Gasteiger partial charge < -0.3 is 5.32 Å². The summed E-state index contributed by atoms with van der Waals surface area (Å²) in [6.07, 6.45) is 5.37. The van der Waals surface area contributed by atoms with E-state index in [1.807, 2.05) is 24.4 Å². The van der Waals surface area contributed by atoms with Crippen LogP contribution in [0.15, 0.2) is 61.1 Å². The van der Waals surface area contributed by atoms with E-state index in [-0.39, 0.29) is 5.91 Å². The van der Waals surface area contributed by atoms with Crippen molar-refractivity contribution >= 4 is 17.5 Å². The second-order valence-corrected chi connectivity index (χ2v) is 5.40. The van der Waals surface area contributed by atoms with Crippen LogP contribution in [0.1, 0.15) is 10.4 Å². The molecule has 0 fully saturated rings. The monoisotopic (exact) mass is 326 g/mol. The lowest BCUT2D eigenvalue weighted by molar-refractivity contribution is 0.0952. The summed E-state index contributed by atoms with van der Waals surface area (Å²) in [4.78, 5) is 16.0. The minimum Gasteiger partial charge on any atom is -0.350 e. The van der Waals surface area contributed by atoms with Crippen molar-refractivity contribution in [2.45, 2.75) is 6.54 Å². The zero-order valence-electron chi connectivity index (χ0n) is 12.3. The van der Waals surface area contributed by atoms with Crippen LogP contribution in [0.25, 0.3) is 11.3 Å². The van der Waals surface area contributed by atoms with Crippen LogP contribution >= 0.6 is 11.6 Å². The molecule has 0 bridgehead atoms. The van der Waals surface area contributed by atoms with Crippen molar-refractivity contribution in [2.24, 2.45) is 0 Å². The summed E-state index contributed by atoms with van der Waals surface area (Å²) < 4.78 is 1.80. The number of pyridine rings is 1. The third-order valence-electron chi connectivity index (χ3n) is 3.35. The molecule has 0 aliphatic rings. The maximum absolute atomic E-state index is 12.0. The smallest absolute Gasteiger partial charge is 0.251 e. The lowest BCUT2D eigenvalue weighted by Gasteiger charge is -2.05. The van der Waals surface area contributed by atoms with Gasteiger partial charge in [0.05, 0.1) is 12.2 Å². The Morgan fingerprint density at radius 2 is 1.83 bits per heavy atom. The summed E-state index contributed by atoms with van der Waals surface area (Å²) in [5, 5.41) is 7.96. The third-order valence-corrected chi connectivity index (χ3v) is 3.60. The number of nitrogens with one attached hydrogen (secondary N) is 1. The highest BCUT2D eigenvalue weighted by molar-refractivity contribution is 6.30. The molecule has 5 nitrogen and oxygen atoms in total. The van der Waals surface area contributed by atoms with E-state index >= 15 is 0 Å². The second-order valence-electron chi connectivity index (χ2n) is 4.96. The first kappa shape index (κ1) is 15.2. The van der Waals surface area contributed by atoms with Crippen LogP contribution in [0.3, 0.4) is 0 Å². The summed E-state index contributed by atoms with van der Waals surface area (Å²) >= 11 is 5.81. The van der Waals surface area contributed by atoms with Crippen LogP contribution in [0.5, 0.6) is 0 Å². The van der Waals surface area contributed by atoms with Crippen molar-refractivity contribution in [3.8, 4) is 11.3 Å². The number of aromatic nitrogens is 3. The molecule has 0 saturated carbocycles. The Balaban J connectivity index is 1.54. The van der Waals surface area contributed by atoms with Crippen molar-refractivity contribution in [1.29, 1.82) is 0 Å². The molecule has 3 rings (SSSR count). The van der Waals surface area contributed by atoms with E-state index in [2.05, 4.69) is 15.4 Å². The molecule has 6 heteroatoms. The predicted molar refractivity (Wildman–Crippen MR) is 89.2 cm³/mol. The van der Waals surface area contributed by atoms with Crippen LogP contribution in [-0.2, 0) is 6.54 Å². The number of amides is 1. The van der Waals surface area contributed by atoms with Crippen LogP contribution < -0.4 is 5.32 Å². The molecule has 0 aliphatic heterocycles. The van der Waals surface area contributed by atoms with Crippen molar-refractivity contribution in [1.82, 2.24) is 20.1 Å². The highest BCUT2D eigenvalue weighted by Gasteiger charge is 2.05. The molecule has 0 unspecified atom stereocenters. The topological polar surface area (TPSA) is 59.8 Å². The maximum atomic E-state index is 12.0. The van der Waals surface area contributed by atoms with Crippen molar-refractivity contribution in [3.05, 3.63) is 71.6 Å². The molecule has 3 aromatic rings. The van der Waals surface area contributed by atoms with Gasteiger partial charge in [-0.25, -0.2) is 0 Å². The fourth-order valence-electron chi connectivity index (χ4n) is 2.15. The molecule has 0 atom stereocenters. The van der Waals surface area contributed by atoms with Gasteiger partial charge >= 0.3 is 0 Å². The number of halogens is 1. The van der Waals surface area contributed by atoms with Gasteiger partial charge in [0, 0.05) is 41.3 Å². The molecule has 0 aliphatic carbocycles. The number of rotatable bonds is 5. The number of carbonyl (C=O) groups excluding carboxylic acids is 1. The Kier molecular flexibility index (Phi) is 4.68. The minimum atomic E-state index is -0.122. The fraction of sp³-hybridized carbons (Fsp3) is 0.118. The summed E-state index contributed by atoms with van der Waals surface area (Å²) in [5.41, 5.74) is 2.49. The molecule has 23 heavy (non-hydrogen) atoms. The zero-order chi connectivity index (χ0) is 16.1. The quantitative estimate of drug-likeness (QED) is 0.784. The van der Waals surface area contributed by atoms with Gasteiger partial charge in [0.2, 0.25) is 0 Å². The van der Waals surface area contributed by atoms with E-state index in [9.17, 15) is 4.79 Å². The second kappa shape index (κ2) is 7.07. The van der Waals surface area contributed by atoms with Gasteiger partial charge in [0.15, 0.2) is 0 Å². The largest absolute Gasteiger partial charge is 0.350 e. The normalized spacial score (nSPS) is 10.5. The highest BCUT2D eigenvalue weighted by atomic mass is 35.5. The van der Waals surface area contributed by atoms with E-state index in [1.54, 1.807) is 41.3 Å². The molecule has 1 amide bonds. The lowest BCUT2D eigenvalue weighted by Crippen LogP contribution is -2.27. The lowest BCUT2D eigenvalue weighted by atomic mass is 10.2. The van der Waals surface area contributed by atoms with Gasteiger partial charge in [-0.2, -0.15) is 5.10 Å². The van der Waals surface area contributed by atoms with E-state index < -0.39 is 0 Å². The Hall–Kier alpha value is -2.66. The summed E-state index contributed by atoms with van der Waals surface area (Å²) in [5.74, 6) is -0.122. The Morgan fingerprint density at radius 1 is 1.09 bits per heavy atom. The van der Waals surface area contributed by atoms with Crippen LogP contribution in [0.2, 0.25) is 5.02 Å². The Labute approximate surface area is 138 Å². The fourth-order valence-corrected chi connectivity index (χ4v) is 2.28. The van der Waals surface area contributed by atoms with Gasteiger partial charge in [-0.05, 0) is 42.5 Å². The average molecular weight is 327 g/mol. The molecule has 1 N–H and O–H groups in total. The first-order valence-corrected chi connectivity index (χ1v) is 7.58. The number of hydrogen-bond donors (Lipinski definition) is 1. The first-order valence-electron chi connectivity index (χ1n) is 7.20. The van der Waals surface area contributed by atoms with Crippen molar-refractivity contribution in [3.63, 3.8) is 0 Å². The zero-order valence-corrected chi connectivity index (χ0v) is 13.1. The van der Waals surface area contributed by atoms with Gasteiger partial charge in [-0.15, -0.1) is 0 Å². The van der Waals surface area contributed by atoms with Gasteiger partial charge in [0.25, 0.3) is 5.91 Å². The number of carbonyl (C=O) groups is 1. The third kappa shape index (κ3) is 3.96. The molecule has 0 radical (unpaired) electrons. The summed E-state index contributed by atoms with van der Waals surface area (Å²) in [7, 11) is 0. The first-order chi connectivity index (χ1) is 11.2. The average Bonchev–Trinajstić information content (AvgIpc) is 3.05. The van der Waals surface area contributed by atoms with E-state index in [0.717, 1.165) is 11.3 Å². The molecule has 0 spiro atoms. The van der Waals surface area contributed by atoms with Crippen LogP contribution in [-0.4, -0.2) is 27.2 Å². The standard InChI is InChI=1S/C17H15ClN4O/c18-15-3-1-14(2-4-15)17(23)20-10-12-22-11-7-16(21-22)13-5-8-19-9-6-13/h1-9,11H,10,12H2,(H,20,23). The summed E-state index contributed by atoms with van der Waals surface area (Å²) in [6.45, 7) is 1.10. The van der Waals surface area contributed by atoms with Crippen molar-refractivity contribution in [2.75, 3.05) is 6.54 Å². The van der Waals surface area contributed by atoms with Gasteiger partial charge in [0.1, 0.15) is 0 Å². The van der Waals surface area contributed by atoms with Gasteiger partial charge in [-0.1, -0.05) is 11.6 Å². The molecule has 2 aromatic heterocycles. The number of hydrogen-bond acceptors (Lipinski definition) is 3. The molecular weight excluding hydrogens is 312 g/mol. The highest BCUT2D eigenvalue weighted by Crippen LogP contribution is 2.14. The molecule has 0 saturated heterocycles. The van der Waals surface area contributed by atoms with E-state index in [0.29, 0.717) is 23.7 Å². The Morgan fingerprint density at radius 3 is 2.57 bits per heavy atom. The maximum Gasteiger partial charge on any atom is 0.251 e. The summed E-state index contributed by atoms with van der Waals surface area (Å²) in [6, 6.07) is 12.6. The molecule has 2 heterocycles.